The van der Waals surface area contributed by atoms with Gasteiger partial charge in [0.25, 0.3) is 0 Å². The number of pyridine rings is 1. The number of carbonyl (C=O) groups is 1. The Labute approximate surface area is 118 Å². The molecule has 1 aromatic heterocycles. The highest BCUT2D eigenvalue weighted by Gasteiger charge is 2.19. The van der Waals surface area contributed by atoms with E-state index in [1.54, 1.807) is 12.3 Å². The van der Waals surface area contributed by atoms with Crippen molar-refractivity contribution in [3.05, 3.63) is 29.0 Å². The van der Waals surface area contributed by atoms with Gasteiger partial charge in [-0.3, -0.25) is 0 Å². The van der Waals surface area contributed by atoms with E-state index in [0.29, 0.717) is 18.2 Å². The van der Waals surface area contributed by atoms with Crippen LogP contribution in [-0.4, -0.2) is 29.8 Å². The molecule has 1 aromatic rings. The van der Waals surface area contributed by atoms with Crippen LogP contribution < -0.4 is 11.1 Å². The maximum atomic E-state index is 11.6. The van der Waals surface area contributed by atoms with Gasteiger partial charge in [0, 0.05) is 25.2 Å². The summed E-state index contributed by atoms with van der Waals surface area (Å²) in [5.41, 5.74) is 6.01. The Balaban J connectivity index is 2.59. The molecule has 0 saturated heterocycles. The average Bonchev–Trinajstić information content (AvgIpc) is 2.29. The average molecular weight is 286 g/mol. The van der Waals surface area contributed by atoms with Crippen molar-refractivity contribution in [2.45, 2.75) is 32.3 Å². The lowest BCUT2D eigenvalue weighted by Gasteiger charge is -2.21. The van der Waals surface area contributed by atoms with Crippen molar-refractivity contribution in [2.75, 3.05) is 13.1 Å². The largest absolute Gasteiger partial charge is 0.444 e. The van der Waals surface area contributed by atoms with Crippen LogP contribution >= 0.6 is 11.6 Å². The Morgan fingerprint density at radius 2 is 2.26 bits per heavy atom. The molecule has 1 atom stereocenters. The second-order valence-electron chi connectivity index (χ2n) is 5.20. The van der Waals surface area contributed by atoms with Gasteiger partial charge in [0.15, 0.2) is 0 Å². The molecule has 5 nitrogen and oxygen atoms in total. The number of halogens is 1. The summed E-state index contributed by atoms with van der Waals surface area (Å²) in [5, 5.41) is 3.09. The number of alkyl carbamates (subject to hydrolysis) is 1. The second kappa shape index (κ2) is 6.73. The SMILES string of the molecule is CC(C)(C)OC(=O)NCC(CN)c1cccnc1Cl. The molecule has 1 amide bonds. The highest BCUT2D eigenvalue weighted by Crippen LogP contribution is 2.21. The first kappa shape index (κ1) is 15.7. The summed E-state index contributed by atoms with van der Waals surface area (Å²) >= 11 is 6.01. The first-order valence-corrected chi connectivity index (χ1v) is 6.48. The number of aromatic nitrogens is 1. The number of amides is 1. The number of nitrogens with zero attached hydrogens (tertiary/aromatic N) is 1. The Bertz CT molecular complexity index is 432. The van der Waals surface area contributed by atoms with Gasteiger partial charge in [-0.2, -0.15) is 0 Å². The predicted octanol–water partition coefficient (Wildman–Crippen LogP) is 2.30. The fraction of sp³-hybridized carbons (Fsp3) is 0.538. The molecule has 0 aliphatic carbocycles. The first-order valence-electron chi connectivity index (χ1n) is 6.11. The molecule has 3 N–H and O–H groups in total. The number of nitrogens with one attached hydrogen (secondary N) is 1. The zero-order valence-electron chi connectivity index (χ0n) is 11.4. The molecule has 0 aliphatic rings. The Hall–Kier alpha value is -1.33. The summed E-state index contributed by atoms with van der Waals surface area (Å²) in [4.78, 5) is 15.6. The third-order valence-electron chi connectivity index (χ3n) is 2.40. The monoisotopic (exact) mass is 285 g/mol. The third-order valence-corrected chi connectivity index (χ3v) is 2.72. The maximum absolute atomic E-state index is 11.6. The van der Waals surface area contributed by atoms with Crippen LogP contribution in [0, 0.1) is 0 Å². The standard InChI is InChI=1S/C13H20ClN3O2/c1-13(2,3)19-12(18)17-8-9(7-15)10-5-4-6-16-11(10)14/h4-6,9H,7-8,15H2,1-3H3,(H,17,18). The lowest BCUT2D eigenvalue weighted by atomic mass is 10.0. The number of hydrogen-bond acceptors (Lipinski definition) is 4. The molecule has 0 spiro atoms. The highest BCUT2D eigenvalue weighted by atomic mass is 35.5. The van der Waals surface area contributed by atoms with Gasteiger partial charge in [-0.15, -0.1) is 0 Å². The van der Waals surface area contributed by atoms with Gasteiger partial charge in [0.2, 0.25) is 0 Å². The van der Waals surface area contributed by atoms with E-state index in [0.717, 1.165) is 5.56 Å². The number of nitrogens with two attached hydrogens (primary N) is 1. The minimum Gasteiger partial charge on any atom is -0.444 e. The van der Waals surface area contributed by atoms with Crippen molar-refractivity contribution in [2.24, 2.45) is 5.73 Å². The van der Waals surface area contributed by atoms with E-state index in [9.17, 15) is 4.79 Å². The van der Waals surface area contributed by atoms with E-state index in [1.165, 1.54) is 0 Å². The zero-order chi connectivity index (χ0) is 14.5. The lowest BCUT2D eigenvalue weighted by molar-refractivity contribution is 0.0525. The van der Waals surface area contributed by atoms with Gasteiger partial charge in [-0.25, -0.2) is 9.78 Å². The van der Waals surface area contributed by atoms with Crippen molar-refractivity contribution in [3.63, 3.8) is 0 Å². The molecule has 6 heteroatoms. The molecular weight excluding hydrogens is 266 g/mol. The van der Waals surface area contributed by atoms with Crippen molar-refractivity contribution in [1.29, 1.82) is 0 Å². The molecule has 0 fully saturated rings. The number of carbonyl (C=O) groups excluding carboxylic acids is 1. The summed E-state index contributed by atoms with van der Waals surface area (Å²) in [6.07, 6.45) is 1.15. The maximum Gasteiger partial charge on any atom is 0.407 e. The van der Waals surface area contributed by atoms with Crippen molar-refractivity contribution in [3.8, 4) is 0 Å². The van der Waals surface area contributed by atoms with Gasteiger partial charge in [0.1, 0.15) is 10.8 Å². The van der Waals surface area contributed by atoms with E-state index in [1.807, 2.05) is 26.8 Å². The predicted molar refractivity (Wildman–Crippen MR) is 75.3 cm³/mol. The molecule has 1 heterocycles. The van der Waals surface area contributed by atoms with E-state index in [4.69, 9.17) is 22.1 Å². The lowest BCUT2D eigenvalue weighted by Crippen LogP contribution is -2.36. The first-order chi connectivity index (χ1) is 8.83. The molecule has 1 unspecified atom stereocenters. The molecule has 19 heavy (non-hydrogen) atoms. The minimum absolute atomic E-state index is 0.0891. The van der Waals surface area contributed by atoms with Crippen LogP contribution in [0.15, 0.2) is 18.3 Å². The summed E-state index contributed by atoms with van der Waals surface area (Å²) < 4.78 is 5.16. The smallest absolute Gasteiger partial charge is 0.407 e. The van der Waals surface area contributed by atoms with Crippen LogP contribution in [-0.2, 0) is 4.74 Å². The Kier molecular flexibility index (Phi) is 5.57. The van der Waals surface area contributed by atoms with Gasteiger partial charge in [-0.05, 0) is 32.4 Å². The topological polar surface area (TPSA) is 77.2 Å². The van der Waals surface area contributed by atoms with Crippen LogP contribution in [0.25, 0.3) is 0 Å². The highest BCUT2D eigenvalue weighted by molar-refractivity contribution is 6.30. The van der Waals surface area contributed by atoms with E-state index >= 15 is 0 Å². The van der Waals surface area contributed by atoms with Crippen molar-refractivity contribution in [1.82, 2.24) is 10.3 Å². The van der Waals surface area contributed by atoms with E-state index in [-0.39, 0.29) is 5.92 Å². The van der Waals surface area contributed by atoms with Gasteiger partial charge in [-0.1, -0.05) is 17.7 Å². The van der Waals surface area contributed by atoms with E-state index in [2.05, 4.69) is 10.3 Å². The fourth-order valence-corrected chi connectivity index (χ4v) is 1.82. The Morgan fingerprint density at radius 1 is 1.58 bits per heavy atom. The van der Waals surface area contributed by atoms with Gasteiger partial charge >= 0.3 is 6.09 Å². The summed E-state index contributed by atoms with van der Waals surface area (Å²) in [5.74, 6) is -0.0891. The zero-order valence-corrected chi connectivity index (χ0v) is 12.2. The van der Waals surface area contributed by atoms with Gasteiger partial charge < -0.3 is 15.8 Å². The molecule has 106 valence electrons. The van der Waals surface area contributed by atoms with Crippen molar-refractivity contribution < 1.29 is 9.53 Å². The summed E-state index contributed by atoms with van der Waals surface area (Å²) in [6.45, 7) is 6.15. The molecule has 0 saturated carbocycles. The number of rotatable bonds is 4. The second-order valence-corrected chi connectivity index (χ2v) is 5.56. The molecule has 0 aromatic carbocycles. The van der Waals surface area contributed by atoms with Crippen molar-refractivity contribution >= 4 is 17.7 Å². The molecule has 0 radical (unpaired) electrons. The minimum atomic E-state index is -0.520. The quantitative estimate of drug-likeness (QED) is 0.832. The normalized spacial score (nSPS) is 12.9. The summed E-state index contributed by atoms with van der Waals surface area (Å²) in [7, 11) is 0. The number of hydrogen-bond donors (Lipinski definition) is 2. The number of ether oxygens (including phenoxy) is 1. The Morgan fingerprint density at radius 3 is 2.79 bits per heavy atom. The van der Waals surface area contributed by atoms with Crippen LogP contribution in [0.4, 0.5) is 4.79 Å². The van der Waals surface area contributed by atoms with Gasteiger partial charge in [0.05, 0.1) is 0 Å². The van der Waals surface area contributed by atoms with E-state index < -0.39 is 11.7 Å². The fourth-order valence-electron chi connectivity index (χ4n) is 1.54. The van der Waals surface area contributed by atoms with Crippen LogP contribution in [0.1, 0.15) is 32.3 Å². The molecule has 1 rings (SSSR count). The van der Waals surface area contributed by atoms with Crippen LogP contribution in [0.3, 0.4) is 0 Å². The van der Waals surface area contributed by atoms with Crippen LogP contribution in [0.2, 0.25) is 5.15 Å². The summed E-state index contributed by atoms with van der Waals surface area (Å²) in [6, 6.07) is 3.64. The molecular formula is C13H20ClN3O2. The third kappa shape index (κ3) is 5.44. The molecule has 0 aliphatic heterocycles. The van der Waals surface area contributed by atoms with Crippen LogP contribution in [0.5, 0.6) is 0 Å². The molecule has 0 bridgehead atoms.